The third-order valence-electron chi connectivity index (χ3n) is 7.82. The van der Waals surface area contributed by atoms with Gasteiger partial charge in [0.25, 0.3) is 5.91 Å². The van der Waals surface area contributed by atoms with Crippen molar-refractivity contribution in [2.45, 2.75) is 83.3 Å². The fourth-order valence-electron chi connectivity index (χ4n) is 5.64. The minimum atomic E-state index is -0.678. The SMILES string of the molecule is Cc1cc(CCNCCC(=O)N(CCCC[C@@H](O)c2cccc3c2OCC(=O)N3)C2CCCCC2)ccc1Cl. The van der Waals surface area contributed by atoms with E-state index in [2.05, 4.69) is 27.7 Å². The number of nitrogens with zero attached hydrogens (tertiary/aromatic N) is 1. The van der Waals surface area contributed by atoms with E-state index >= 15 is 0 Å². The largest absolute Gasteiger partial charge is 0.481 e. The summed E-state index contributed by atoms with van der Waals surface area (Å²) in [6.45, 7) is 4.20. The lowest BCUT2D eigenvalue weighted by Crippen LogP contribution is -2.43. The number of carbonyl (C=O) groups is 2. The molecule has 0 radical (unpaired) electrons. The second kappa shape index (κ2) is 14.7. The molecule has 2 amide bonds. The zero-order valence-corrected chi connectivity index (χ0v) is 23.8. The van der Waals surface area contributed by atoms with Crippen LogP contribution in [0.3, 0.4) is 0 Å². The number of rotatable bonds is 13. The molecule has 1 fully saturated rings. The standard InChI is InChI=1S/C31H42ClN3O4/c1-22-20-23(13-14-26(22)32)15-17-33-18-16-30(38)35(24-8-3-2-4-9-24)19-6-5-12-28(36)25-10-7-11-27-31(25)39-21-29(37)34-27/h7,10-11,13-14,20,24,28,33,36H,2-6,8-9,12,15-19,21H2,1H3,(H,34,37)/t28-/m1/s1. The second-order valence-corrected chi connectivity index (χ2v) is 11.2. The molecule has 0 unspecified atom stereocenters. The van der Waals surface area contributed by atoms with Gasteiger partial charge in [0, 0.05) is 36.1 Å². The summed E-state index contributed by atoms with van der Waals surface area (Å²) in [5.74, 6) is 0.592. The highest BCUT2D eigenvalue weighted by Crippen LogP contribution is 2.36. The number of halogens is 1. The Bertz CT molecular complexity index is 1120. The number of aryl methyl sites for hydroxylation is 1. The van der Waals surface area contributed by atoms with E-state index in [1.54, 1.807) is 6.07 Å². The quantitative estimate of drug-likeness (QED) is 0.281. The summed E-state index contributed by atoms with van der Waals surface area (Å²) >= 11 is 6.12. The number of unbranched alkanes of at least 4 members (excludes halogenated alkanes) is 1. The zero-order chi connectivity index (χ0) is 27.6. The summed E-state index contributed by atoms with van der Waals surface area (Å²) in [7, 11) is 0. The van der Waals surface area contributed by atoms with Crippen molar-refractivity contribution in [1.29, 1.82) is 0 Å². The molecular formula is C31H42ClN3O4. The molecule has 1 atom stereocenters. The maximum Gasteiger partial charge on any atom is 0.262 e. The fourth-order valence-corrected chi connectivity index (χ4v) is 5.76. The van der Waals surface area contributed by atoms with Gasteiger partial charge in [-0.1, -0.05) is 55.1 Å². The predicted octanol–water partition coefficient (Wildman–Crippen LogP) is 5.57. The Hall–Kier alpha value is -2.61. The predicted molar refractivity (Wildman–Crippen MR) is 155 cm³/mol. The van der Waals surface area contributed by atoms with Crippen LogP contribution in [0, 0.1) is 6.92 Å². The van der Waals surface area contributed by atoms with Crippen molar-refractivity contribution in [3.8, 4) is 5.75 Å². The highest BCUT2D eigenvalue weighted by atomic mass is 35.5. The summed E-state index contributed by atoms with van der Waals surface area (Å²) in [6.07, 6.45) is 8.72. The van der Waals surface area contributed by atoms with E-state index < -0.39 is 6.10 Å². The number of ether oxygens (including phenoxy) is 1. The number of aliphatic hydroxyl groups excluding tert-OH is 1. The van der Waals surface area contributed by atoms with Gasteiger partial charge in [-0.25, -0.2) is 0 Å². The lowest BCUT2D eigenvalue weighted by molar-refractivity contribution is -0.134. The maximum absolute atomic E-state index is 13.3. The Morgan fingerprint density at radius 3 is 2.79 bits per heavy atom. The van der Waals surface area contributed by atoms with Crippen LogP contribution in [0.1, 0.15) is 80.6 Å². The molecule has 39 heavy (non-hydrogen) atoms. The van der Waals surface area contributed by atoms with Gasteiger partial charge in [0.2, 0.25) is 5.91 Å². The third kappa shape index (κ3) is 8.44. The Balaban J connectivity index is 1.22. The Labute approximate surface area is 237 Å². The van der Waals surface area contributed by atoms with Crippen molar-refractivity contribution >= 4 is 29.1 Å². The van der Waals surface area contributed by atoms with Crippen molar-refractivity contribution in [3.63, 3.8) is 0 Å². The van der Waals surface area contributed by atoms with Crippen molar-refractivity contribution in [2.75, 3.05) is 31.6 Å². The molecule has 7 nitrogen and oxygen atoms in total. The number of carbonyl (C=O) groups excluding carboxylic acids is 2. The Kier molecular flexibility index (Phi) is 11.1. The number of para-hydroxylation sites is 1. The van der Waals surface area contributed by atoms with Crippen LogP contribution >= 0.6 is 11.6 Å². The molecule has 0 bridgehead atoms. The molecule has 3 N–H and O–H groups in total. The number of nitrogens with one attached hydrogen (secondary N) is 2. The summed E-state index contributed by atoms with van der Waals surface area (Å²) in [5.41, 5.74) is 3.64. The average molecular weight is 556 g/mol. The minimum absolute atomic E-state index is 0.0369. The normalized spacial score (nSPS) is 16.2. The molecule has 0 spiro atoms. The van der Waals surface area contributed by atoms with Crippen molar-refractivity contribution in [1.82, 2.24) is 10.2 Å². The van der Waals surface area contributed by atoms with E-state index in [0.29, 0.717) is 42.4 Å². The van der Waals surface area contributed by atoms with E-state index in [1.807, 2.05) is 25.1 Å². The highest BCUT2D eigenvalue weighted by molar-refractivity contribution is 6.31. The molecule has 2 aliphatic rings. The Morgan fingerprint density at radius 1 is 1.18 bits per heavy atom. The van der Waals surface area contributed by atoms with Gasteiger partial charge < -0.3 is 25.4 Å². The first kappa shape index (κ1) is 29.4. The molecular weight excluding hydrogens is 514 g/mol. The van der Waals surface area contributed by atoms with Crippen LogP contribution in [0.5, 0.6) is 5.75 Å². The molecule has 1 aliphatic heterocycles. The maximum atomic E-state index is 13.3. The van der Waals surface area contributed by atoms with Gasteiger partial charge in [0.15, 0.2) is 6.61 Å². The molecule has 2 aromatic rings. The van der Waals surface area contributed by atoms with Gasteiger partial charge in [0.05, 0.1) is 11.8 Å². The summed E-state index contributed by atoms with van der Waals surface area (Å²) < 4.78 is 5.60. The monoisotopic (exact) mass is 555 g/mol. The van der Waals surface area contributed by atoms with Crippen LogP contribution in [-0.4, -0.2) is 54.1 Å². The number of fused-ring (bicyclic) bond motifs is 1. The van der Waals surface area contributed by atoms with Crippen LogP contribution in [-0.2, 0) is 16.0 Å². The van der Waals surface area contributed by atoms with Gasteiger partial charge in [-0.3, -0.25) is 9.59 Å². The van der Waals surface area contributed by atoms with Crippen LogP contribution < -0.4 is 15.4 Å². The van der Waals surface area contributed by atoms with Crippen molar-refractivity contribution < 1.29 is 19.4 Å². The number of anilines is 1. The van der Waals surface area contributed by atoms with Crippen molar-refractivity contribution in [2.24, 2.45) is 0 Å². The molecule has 212 valence electrons. The van der Waals surface area contributed by atoms with Crippen LogP contribution in [0.15, 0.2) is 36.4 Å². The Morgan fingerprint density at radius 2 is 2.00 bits per heavy atom. The molecule has 1 aliphatic carbocycles. The van der Waals surface area contributed by atoms with Crippen LogP contribution in [0.2, 0.25) is 5.02 Å². The molecule has 2 aromatic carbocycles. The second-order valence-electron chi connectivity index (χ2n) is 10.8. The minimum Gasteiger partial charge on any atom is -0.481 e. The fraction of sp³-hybridized carbons (Fsp3) is 0.548. The van der Waals surface area contributed by atoms with E-state index in [4.69, 9.17) is 16.3 Å². The van der Waals surface area contributed by atoms with Crippen LogP contribution in [0.4, 0.5) is 5.69 Å². The van der Waals surface area contributed by atoms with E-state index in [9.17, 15) is 14.7 Å². The average Bonchev–Trinajstić information content (AvgIpc) is 2.94. The molecule has 1 heterocycles. The number of hydrogen-bond donors (Lipinski definition) is 3. The van der Waals surface area contributed by atoms with E-state index in [0.717, 1.165) is 55.8 Å². The van der Waals surface area contributed by atoms with Gasteiger partial charge in [-0.2, -0.15) is 0 Å². The topological polar surface area (TPSA) is 90.9 Å². The first-order valence-corrected chi connectivity index (χ1v) is 14.8. The first-order chi connectivity index (χ1) is 18.9. The first-order valence-electron chi connectivity index (χ1n) is 14.4. The van der Waals surface area contributed by atoms with Gasteiger partial charge >= 0.3 is 0 Å². The van der Waals surface area contributed by atoms with Gasteiger partial charge in [0.1, 0.15) is 5.75 Å². The highest BCUT2D eigenvalue weighted by Gasteiger charge is 2.26. The van der Waals surface area contributed by atoms with Crippen molar-refractivity contribution in [3.05, 3.63) is 58.1 Å². The lowest BCUT2D eigenvalue weighted by atomic mass is 9.93. The zero-order valence-electron chi connectivity index (χ0n) is 23.0. The number of hydrogen-bond acceptors (Lipinski definition) is 5. The molecule has 0 aromatic heterocycles. The summed E-state index contributed by atoms with van der Waals surface area (Å²) in [4.78, 5) is 27.0. The number of benzene rings is 2. The number of aliphatic hydroxyl groups is 1. The lowest BCUT2D eigenvalue weighted by Gasteiger charge is -2.35. The van der Waals surface area contributed by atoms with Crippen LogP contribution in [0.25, 0.3) is 0 Å². The summed E-state index contributed by atoms with van der Waals surface area (Å²) in [5, 5.41) is 17.9. The summed E-state index contributed by atoms with van der Waals surface area (Å²) in [6, 6.07) is 11.9. The number of amides is 2. The third-order valence-corrected chi connectivity index (χ3v) is 8.24. The molecule has 1 saturated carbocycles. The van der Waals surface area contributed by atoms with Gasteiger partial charge in [-0.15, -0.1) is 0 Å². The molecule has 8 heteroatoms. The smallest absolute Gasteiger partial charge is 0.262 e. The molecule has 0 saturated heterocycles. The van der Waals surface area contributed by atoms with Gasteiger partial charge in [-0.05, 0) is 75.3 Å². The molecule has 4 rings (SSSR count). The van der Waals surface area contributed by atoms with E-state index in [1.165, 1.54) is 24.8 Å². The van der Waals surface area contributed by atoms with E-state index in [-0.39, 0.29) is 18.4 Å².